The lowest BCUT2D eigenvalue weighted by molar-refractivity contribution is -0.247. The number of amides is 1. The Kier molecular flexibility index (Phi) is 3.58. The summed E-state index contributed by atoms with van der Waals surface area (Å²) in [7, 11) is 0. The number of halogens is 1. The highest BCUT2D eigenvalue weighted by molar-refractivity contribution is 6.31. The summed E-state index contributed by atoms with van der Waals surface area (Å²) in [6, 6.07) is 5.00. The van der Waals surface area contributed by atoms with E-state index in [9.17, 15) is 9.90 Å². The third-order valence-corrected chi connectivity index (χ3v) is 2.62. The van der Waals surface area contributed by atoms with Crippen LogP contribution in [-0.2, 0) is 0 Å². The Morgan fingerprint density at radius 2 is 2.07 bits per heavy atom. The zero-order chi connectivity index (χ0) is 11.6. The van der Waals surface area contributed by atoms with E-state index in [4.69, 9.17) is 11.6 Å². The lowest BCUT2D eigenvalue weighted by Gasteiger charge is -2.30. The van der Waals surface area contributed by atoms with Crippen LogP contribution in [0.25, 0.3) is 0 Å². The number of hydrogen-bond donors (Lipinski definition) is 0. The van der Waals surface area contributed by atoms with Gasteiger partial charge in [-0.2, -0.15) is 0 Å². The fourth-order valence-electron chi connectivity index (χ4n) is 1.44. The number of rotatable bonds is 2. The van der Waals surface area contributed by atoms with Crippen LogP contribution in [0.5, 0.6) is 0 Å². The first-order chi connectivity index (χ1) is 6.95. The standard InChI is InChI=1S/C11H14ClNO2/c1-7(2)13(11(14)15)10-6-4-5-9(12)8(10)3/h4-7H,1-3H3,(H,14,15)/p-1. The van der Waals surface area contributed by atoms with Crippen LogP contribution in [0.1, 0.15) is 19.4 Å². The van der Waals surface area contributed by atoms with E-state index in [1.54, 1.807) is 39.0 Å². The van der Waals surface area contributed by atoms with Crippen LogP contribution in [0.3, 0.4) is 0 Å². The second-order valence-electron chi connectivity index (χ2n) is 3.61. The molecule has 0 saturated heterocycles. The number of nitrogens with zero attached hydrogens (tertiary/aromatic N) is 1. The molecule has 1 rings (SSSR count). The Labute approximate surface area is 94.3 Å². The first-order valence-corrected chi connectivity index (χ1v) is 5.08. The van der Waals surface area contributed by atoms with E-state index < -0.39 is 6.09 Å². The summed E-state index contributed by atoms with van der Waals surface area (Å²) >= 11 is 5.93. The first kappa shape index (κ1) is 11.9. The van der Waals surface area contributed by atoms with Crippen molar-refractivity contribution in [2.24, 2.45) is 0 Å². The lowest BCUT2D eigenvalue weighted by Crippen LogP contribution is -2.45. The monoisotopic (exact) mass is 226 g/mol. The van der Waals surface area contributed by atoms with Crippen molar-refractivity contribution in [2.75, 3.05) is 4.90 Å². The SMILES string of the molecule is Cc1c(Cl)cccc1N(C(=O)[O-])C(C)C. The molecule has 0 aliphatic heterocycles. The molecule has 1 aromatic rings. The lowest BCUT2D eigenvalue weighted by atomic mass is 10.1. The first-order valence-electron chi connectivity index (χ1n) is 4.70. The van der Waals surface area contributed by atoms with Crippen molar-refractivity contribution < 1.29 is 9.90 Å². The molecule has 4 heteroatoms. The van der Waals surface area contributed by atoms with Crippen molar-refractivity contribution in [1.29, 1.82) is 0 Å². The number of carboxylic acid groups (broad SMARTS) is 1. The maximum Gasteiger partial charge on any atom is 0.141 e. The minimum Gasteiger partial charge on any atom is -0.530 e. The highest BCUT2D eigenvalue weighted by Crippen LogP contribution is 2.27. The Morgan fingerprint density at radius 3 is 2.53 bits per heavy atom. The van der Waals surface area contributed by atoms with E-state index in [1.807, 2.05) is 0 Å². The van der Waals surface area contributed by atoms with Crippen molar-refractivity contribution in [2.45, 2.75) is 26.8 Å². The van der Waals surface area contributed by atoms with Crippen LogP contribution in [-0.4, -0.2) is 12.1 Å². The minimum atomic E-state index is -1.21. The molecule has 0 aliphatic rings. The Morgan fingerprint density at radius 1 is 1.47 bits per heavy atom. The summed E-state index contributed by atoms with van der Waals surface area (Å²) in [5, 5.41) is 11.5. The number of carbonyl (C=O) groups excluding carboxylic acids is 1. The Hall–Kier alpha value is -1.22. The molecule has 0 heterocycles. The fourth-order valence-corrected chi connectivity index (χ4v) is 1.61. The summed E-state index contributed by atoms with van der Waals surface area (Å²) in [5.74, 6) is 0. The van der Waals surface area contributed by atoms with Gasteiger partial charge in [-0.25, -0.2) is 0 Å². The highest BCUT2D eigenvalue weighted by Gasteiger charge is 2.14. The molecule has 15 heavy (non-hydrogen) atoms. The second-order valence-corrected chi connectivity index (χ2v) is 4.02. The van der Waals surface area contributed by atoms with Gasteiger partial charge in [0.15, 0.2) is 0 Å². The highest BCUT2D eigenvalue weighted by atomic mass is 35.5. The molecule has 0 radical (unpaired) electrons. The molecule has 0 unspecified atom stereocenters. The fraction of sp³-hybridized carbons (Fsp3) is 0.364. The number of carbonyl (C=O) groups is 1. The van der Waals surface area contributed by atoms with Gasteiger partial charge in [-0.3, -0.25) is 0 Å². The van der Waals surface area contributed by atoms with E-state index in [-0.39, 0.29) is 6.04 Å². The molecule has 82 valence electrons. The zero-order valence-corrected chi connectivity index (χ0v) is 9.71. The van der Waals surface area contributed by atoms with Crippen LogP contribution in [0.4, 0.5) is 10.5 Å². The molecule has 3 nitrogen and oxygen atoms in total. The number of hydrogen-bond acceptors (Lipinski definition) is 2. The van der Waals surface area contributed by atoms with Gasteiger partial charge < -0.3 is 14.8 Å². The van der Waals surface area contributed by atoms with Crippen molar-refractivity contribution in [1.82, 2.24) is 0 Å². The molecule has 0 saturated carbocycles. The van der Waals surface area contributed by atoms with E-state index >= 15 is 0 Å². The van der Waals surface area contributed by atoms with Crippen LogP contribution in [0.2, 0.25) is 5.02 Å². The van der Waals surface area contributed by atoms with Crippen LogP contribution < -0.4 is 10.0 Å². The van der Waals surface area contributed by atoms with Crippen molar-refractivity contribution >= 4 is 23.4 Å². The smallest absolute Gasteiger partial charge is 0.141 e. The molecule has 0 atom stereocenters. The van der Waals surface area contributed by atoms with Gasteiger partial charge in [0, 0.05) is 16.8 Å². The molecular weight excluding hydrogens is 214 g/mol. The van der Waals surface area contributed by atoms with Crippen LogP contribution in [0.15, 0.2) is 18.2 Å². The largest absolute Gasteiger partial charge is 0.530 e. The third-order valence-electron chi connectivity index (χ3n) is 2.21. The summed E-state index contributed by atoms with van der Waals surface area (Å²) < 4.78 is 0. The maximum absolute atomic E-state index is 11.0. The van der Waals surface area contributed by atoms with Crippen molar-refractivity contribution in [3.63, 3.8) is 0 Å². The summed E-state index contributed by atoms with van der Waals surface area (Å²) in [6.07, 6.45) is -1.21. The van der Waals surface area contributed by atoms with Gasteiger partial charge in [-0.15, -0.1) is 0 Å². The average Bonchev–Trinajstić information content (AvgIpc) is 2.11. The van der Waals surface area contributed by atoms with Gasteiger partial charge in [0.05, 0.1) is 0 Å². The Bertz CT molecular complexity index is 377. The molecule has 1 aromatic carbocycles. The summed E-state index contributed by atoms with van der Waals surface area (Å²) in [6.45, 7) is 5.36. The molecule has 0 N–H and O–H groups in total. The average molecular weight is 227 g/mol. The predicted molar refractivity (Wildman–Crippen MR) is 59.2 cm³/mol. The third kappa shape index (κ3) is 2.42. The molecule has 0 spiro atoms. The normalized spacial score (nSPS) is 10.5. The van der Waals surface area contributed by atoms with E-state index in [0.717, 1.165) is 5.56 Å². The van der Waals surface area contributed by atoms with Gasteiger partial charge >= 0.3 is 0 Å². The van der Waals surface area contributed by atoms with Crippen molar-refractivity contribution in [3.05, 3.63) is 28.8 Å². The minimum absolute atomic E-state index is 0.174. The van der Waals surface area contributed by atoms with Gasteiger partial charge in [-0.05, 0) is 38.5 Å². The molecule has 0 fully saturated rings. The molecule has 0 bridgehead atoms. The molecule has 0 aliphatic carbocycles. The van der Waals surface area contributed by atoms with Crippen molar-refractivity contribution in [3.8, 4) is 0 Å². The number of benzene rings is 1. The summed E-state index contributed by atoms with van der Waals surface area (Å²) in [4.78, 5) is 12.2. The number of anilines is 1. The Balaban J connectivity index is 3.23. The van der Waals surface area contributed by atoms with Gasteiger partial charge in [0.25, 0.3) is 0 Å². The van der Waals surface area contributed by atoms with E-state index in [0.29, 0.717) is 10.7 Å². The van der Waals surface area contributed by atoms with Crippen LogP contribution in [0, 0.1) is 6.92 Å². The molecule has 1 amide bonds. The quantitative estimate of drug-likeness (QED) is 0.776. The van der Waals surface area contributed by atoms with Gasteiger partial charge in [-0.1, -0.05) is 17.7 Å². The maximum atomic E-state index is 11.0. The molecule has 0 aromatic heterocycles. The molecular formula is C11H13ClNO2-. The second kappa shape index (κ2) is 4.53. The van der Waals surface area contributed by atoms with Crippen LogP contribution >= 0.6 is 11.6 Å². The predicted octanol–water partition coefficient (Wildman–Crippen LogP) is 2.21. The van der Waals surface area contributed by atoms with Gasteiger partial charge in [0.2, 0.25) is 0 Å². The summed E-state index contributed by atoms with van der Waals surface area (Å²) in [5.41, 5.74) is 1.33. The van der Waals surface area contributed by atoms with Gasteiger partial charge in [0.1, 0.15) is 6.09 Å². The zero-order valence-electron chi connectivity index (χ0n) is 8.95. The van der Waals surface area contributed by atoms with E-state index in [1.165, 1.54) is 4.90 Å². The topological polar surface area (TPSA) is 43.4 Å². The van der Waals surface area contributed by atoms with E-state index in [2.05, 4.69) is 0 Å².